The predicted octanol–water partition coefficient (Wildman–Crippen LogP) is 3.59. The Bertz CT molecular complexity index is 483. The molecule has 5 nitrogen and oxygen atoms in total. The fourth-order valence-electron chi connectivity index (χ4n) is 2.68. The summed E-state index contributed by atoms with van der Waals surface area (Å²) in [4.78, 5) is 2.28. The lowest BCUT2D eigenvalue weighted by atomic mass is 10.1. The topological polar surface area (TPSA) is 51.2 Å². The van der Waals surface area contributed by atoms with Crippen LogP contribution < -0.4 is 9.47 Å². The maximum Gasteiger partial charge on any atom is 0.122 e. The number of hydrogen-bond donors (Lipinski definition) is 1. The lowest BCUT2D eigenvalue weighted by Gasteiger charge is -2.26. The number of rotatable bonds is 13. The fraction of sp³-hybridized carbons (Fsp3) is 0.714. The van der Waals surface area contributed by atoms with Crippen molar-refractivity contribution < 1.29 is 19.3 Å². The summed E-state index contributed by atoms with van der Waals surface area (Å²) < 4.78 is 16.3. The van der Waals surface area contributed by atoms with E-state index < -0.39 is 6.10 Å². The van der Waals surface area contributed by atoms with Crippen molar-refractivity contribution in [2.24, 2.45) is 11.8 Å². The minimum atomic E-state index is -0.492. The molecule has 1 atom stereocenters. The summed E-state index contributed by atoms with van der Waals surface area (Å²) in [6.45, 7) is 12.0. The lowest BCUT2D eigenvalue weighted by Crippen LogP contribution is -2.36. The summed E-state index contributed by atoms with van der Waals surface area (Å²) in [6.07, 6.45) is 0.592. The standard InChI is InChI=1S/C21H37NO4/c1-16(2)7-8-22(13-19(23)15-26-14-17(3)4)12-18-9-20(24-5)11-21(10-18)25-6/h9-11,16-17,19,23H,7-8,12-15H2,1-6H3. The van der Waals surface area contributed by atoms with E-state index in [0.29, 0.717) is 31.6 Å². The molecule has 1 rings (SSSR count). The van der Waals surface area contributed by atoms with Crippen LogP contribution in [-0.2, 0) is 11.3 Å². The van der Waals surface area contributed by atoms with Crippen molar-refractivity contribution in [1.29, 1.82) is 0 Å². The van der Waals surface area contributed by atoms with Crippen LogP contribution in [0.2, 0.25) is 0 Å². The second-order valence-electron chi connectivity index (χ2n) is 7.72. The van der Waals surface area contributed by atoms with Crippen molar-refractivity contribution >= 4 is 0 Å². The molecule has 1 unspecified atom stereocenters. The Balaban J connectivity index is 2.73. The first-order valence-electron chi connectivity index (χ1n) is 9.54. The van der Waals surface area contributed by atoms with Crippen molar-refractivity contribution in [3.8, 4) is 11.5 Å². The number of ether oxygens (including phenoxy) is 3. The normalized spacial score (nSPS) is 12.8. The Morgan fingerprint density at radius 3 is 2.04 bits per heavy atom. The zero-order valence-electron chi connectivity index (χ0n) is 17.3. The number of nitrogens with zero attached hydrogens (tertiary/aromatic N) is 1. The highest BCUT2D eigenvalue weighted by Gasteiger charge is 2.15. The van der Waals surface area contributed by atoms with E-state index in [1.807, 2.05) is 18.2 Å². The van der Waals surface area contributed by atoms with Crippen molar-refractivity contribution in [2.75, 3.05) is 40.5 Å². The van der Waals surface area contributed by atoms with E-state index in [1.165, 1.54) is 0 Å². The van der Waals surface area contributed by atoms with Crippen LogP contribution in [0.15, 0.2) is 18.2 Å². The van der Waals surface area contributed by atoms with Gasteiger partial charge in [-0.15, -0.1) is 0 Å². The Morgan fingerprint density at radius 1 is 0.923 bits per heavy atom. The van der Waals surface area contributed by atoms with Gasteiger partial charge in [-0.25, -0.2) is 0 Å². The molecule has 0 fully saturated rings. The van der Waals surface area contributed by atoms with Gasteiger partial charge in [-0.2, -0.15) is 0 Å². The van der Waals surface area contributed by atoms with Gasteiger partial charge in [0.1, 0.15) is 11.5 Å². The highest BCUT2D eigenvalue weighted by molar-refractivity contribution is 5.38. The van der Waals surface area contributed by atoms with E-state index in [0.717, 1.165) is 36.6 Å². The third kappa shape index (κ3) is 9.41. The second-order valence-corrected chi connectivity index (χ2v) is 7.72. The Kier molecular flexibility index (Phi) is 10.6. The molecule has 0 amide bonds. The monoisotopic (exact) mass is 367 g/mol. The molecule has 0 radical (unpaired) electrons. The fourth-order valence-corrected chi connectivity index (χ4v) is 2.68. The van der Waals surface area contributed by atoms with Crippen molar-refractivity contribution in [2.45, 2.75) is 46.8 Å². The van der Waals surface area contributed by atoms with Crippen LogP contribution >= 0.6 is 0 Å². The minimum absolute atomic E-state index is 0.373. The molecule has 150 valence electrons. The largest absolute Gasteiger partial charge is 0.497 e. The summed E-state index contributed by atoms with van der Waals surface area (Å²) >= 11 is 0. The van der Waals surface area contributed by atoms with Gasteiger partial charge in [0.2, 0.25) is 0 Å². The van der Waals surface area contributed by atoms with Gasteiger partial charge in [0.05, 0.1) is 26.9 Å². The van der Waals surface area contributed by atoms with Crippen LogP contribution in [0.3, 0.4) is 0 Å². The van der Waals surface area contributed by atoms with Gasteiger partial charge in [-0.3, -0.25) is 4.90 Å². The summed E-state index contributed by atoms with van der Waals surface area (Å²) in [6, 6.07) is 5.91. The zero-order chi connectivity index (χ0) is 19.5. The molecule has 5 heteroatoms. The molecular formula is C21H37NO4. The van der Waals surface area contributed by atoms with Crippen LogP contribution in [-0.4, -0.2) is 56.6 Å². The van der Waals surface area contributed by atoms with E-state index in [-0.39, 0.29) is 0 Å². The minimum Gasteiger partial charge on any atom is -0.497 e. The van der Waals surface area contributed by atoms with Crippen LogP contribution in [0.4, 0.5) is 0 Å². The van der Waals surface area contributed by atoms with E-state index in [1.54, 1.807) is 14.2 Å². The van der Waals surface area contributed by atoms with Gasteiger partial charge in [0.15, 0.2) is 0 Å². The zero-order valence-corrected chi connectivity index (χ0v) is 17.3. The van der Waals surface area contributed by atoms with E-state index in [4.69, 9.17) is 14.2 Å². The van der Waals surface area contributed by atoms with Crippen LogP contribution in [0.1, 0.15) is 39.7 Å². The van der Waals surface area contributed by atoms with Crippen molar-refractivity contribution in [3.05, 3.63) is 23.8 Å². The Labute approximate surface area is 159 Å². The molecule has 0 spiro atoms. The Hall–Kier alpha value is -1.30. The first-order chi connectivity index (χ1) is 12.3. The Morgan fingerprint density at radius 2 is 1.54 bits per heavy atom. The molecule has 0 saturated heterocycles. The third-order valence-electron chi connectivity index (χ3n) is 4.07. The molecule has 1 aromatic rings. The number of hydrogen-bond acceptors (Lipinski definition) is 5. The number of benzene rings is 1. The highest BCUT2D eigenvalue weighted by Crippen LogP contribution is 2.23. The first kappa shape index (κ1) is 22.7. The molecule has 0 aromatic heterocycles. The average molecular weight is 368 g/mol. The maximum absolute atomic E-state index is 10.4. The van der Waals surface area contributed by atoms with Crippen LogP contribution in [0.5, 0.6) is 11.5 Å². The van der Waals surface area contributed by atoms with Crippen LogP contribution in [0.25, 0.3) is 0 Å². The van der Waals surface area contributed by atoms with E-state index >= 15 is 0 Å². The predicted molar refractivity (Wildman–Crippen MR) is 106 cm³/mol. The van der Waals surface area contributed by atoms with Gasteiger partial charge in [0, 0.05) is 25.8 Å². The lowest BCUT2D eigenvalue weighted by molar-refractivity contribution is 0.00627. The van der Waals surface area contributed by atoms with E-state index in [9.17, 15) is 5.11 Å². The summed E-state index contributed by atoms with van der Waals surface area (Å²) in [5, 5.41) is 10.4. The van der Waals surface area contributed by atoms with E-state index in [2.05, 4.69) is 32.6 Å². The third-order valence-corrected chi connectivity index (χ3v) is 4.07. The van der Waals surface area contributed by atoms with Crippen LogP contribution in [0, 0.1) is 11.8 Å². The van der Waals surface area contributed by atoms with Gasteiger partial charge in [0.25, 0.3) is 0 Å². The molecule has 0 aliphatic heterocycles. The number of methoxy groups -OCH3 is 2. The molecule has 0 heterocycles. The molecule has 0 aliphatic carbocycles. The molecule has 0 aliphatic rings. The summed E-state index contributed by atoms with van der Waals surface area (Å²) in [5.74, 6) is 2.66. The second kappa shape index (κ2) is 12.2. The van der Waals surface area contributed by atoms with Crippen molar-refractivity contribution in [3.63, 3.8) is 0 Å². The molecule has 26 heavy (non-hydrogen) atoms. The smallest absolute Gasteiger partial charge is 0.122 e. The molecule has 1 aromatic carbocycles. The quantitative estimate of drug-likeness (QED) is 0.577. The first-order valence-corrected chi connectivity index (χ1v) is 9.54. The van der Waals surface area contributed by atoms with Crippen molar-refractivity contribution in [1.82, 2.24) is 4.90 Å². The van der Waals surface area contributed by atoms with Gasteiger partial charge in [-0.05, 0) is 42.5 Å². The highest BCUT2D eigenvalue weighted by atomic mass is 16.5. The van der Waals surface area contributed by atoms with Gasteiger partial charge < -0.3 is 19.3 Å². The SMILES string of the molecule is COc1cc(CN(CCC(C)C)CC(O)COCC(C)C)cc(OC)c1. The maximum atomic E-state index is 10.4. The molecule has 0 saturated carbocycles. The molecular weight excluding hydrogens is 330 g/mol. The average Bonchev–Trinajstić information content (AvgIpc) is 2.58. The number of aliphatic hydroxyl groups excluding tert-OH is 1. The molecule has 0 bridgehead atoms. The van der Waals surface area contributed by atoms with Gasteiger partial charge in [-0.1, -0.05) is 27.7 Å². The summed E-state index contributed by atoms with van der Waals surface area (Å²) in [5.41, 5.74) is 1.11. The number of aliphatic hydroxyl groups is 1. The molecule has 1 N–H and O–H groups in total. The summed E-state index contributed by atoms with van der Waals surface area (Å²) in [7, 11) is 3.32. The van der Waals surface area contributed by atoms with Gasteiger partial charge >= 0.3 is 0 Å².